The molecule has 0 fully saturated rings. The van der Waals surface area contributed by atoms with Gasteiger partial charge in [-0.15, -0.1) is 0 Å². The molecular weight excluding hydrogens is 303 g/mol. The highest BCUT2D eigenvalue weighted by Gasteiger charge is 2.33. The van der Waals surface area contributed by atoms with Crippen LogP contribution in [0.2, 0.25) is 0 Å². The molecule has 1 amide bonds. The number of alkyl halides is 3. The van der Waals surface area contributed by atoms with Gasteiger partial charge < -0.3 is 11.1 Å². The molecule has 0 saturated carbocycles. The first-order valence-corrected chi connectivity index (χ1v) is 6.87. The van der Waals surface area contributed by atoms with Crippen molar-refractivity contribution in [2.45, 2.75) is 19.6 Å². The number of pyridine rings is 1. The number of hydrogen-bond acceptors (Lipinski definition) is 4. The van der Waals surface area contributed by atoms with E-state index in [-0.39, 0.29) is 17.9 Å². The van der Waals surface area contributed by atoms with Crippen molar-refractivity contribution in [3.63, 3.8) is 0 Å². The molecule has 8 heteroatoms. The Morgan fingerprint density at radius 3 is 2.62 bits per heavy atom. The Labute approximate surface area is 122 Å². The molecule has 0 spiro atoms. The maximum absolute atomic E-state index is 12.7. The molecular formula is C13H12F3N3OS. The fraction of sp³-hybridized carbons (Fsp3) is 0.231. The van der Waals surface area contributed by atoms with Gasteiger partial charge in [0.15, 0.2) is 0 Å². The number of primary amides is 1. The van der Waals surface area contributed by atoms with Gasteiger partial charge >= 0.3 is 6.18 Å². The summed E-state index contributed by atoms with van der Waals surface area (Å²) >= 11 is 1.49. The molecule has 3 N–H and O–H groups in total. The third kappa shape index (κ3) is 3.52. The second-order valence-electron chi connectivity index (χ2n) is 4.39. The van der Waals surface area contributed by atoms with Gasteiger partial charge in [-0.2, -0.15) is 24.5 Å². The largest absolute Gasteiger partial charge is 0.433 e. The zero-order valence-corrected chi connectivity index (χ0v) is 11.8. The molecule has 112 valence electrons. The Balaban J connectivity index is 2.31. The maximum Gasteiger partial charge on any atom is 0.433 e. The molecule has 0 bridgehead atoms. The molecule has 21 heavy (non-hydrogen) atoms. The van der Waals surface area contributed by atoms with Crippen molar-refractivity contribution in [1.82, 2.24) is 4.98 Å². The quantitative estimate of drug-likeness (QED) is 0.910. The SMILES string of the molecule is Cc1cscc1CNc1nc(C(F)(F)F)ccc1C(N)=O. The van der Waals surface area contributed by atoms with Crippen LogP contribution in [0, 0.1) is 6.92 Å². The predicted octanol–water partition coefficient (Wildman–Crippen LogP) is 3.18. The van der Waals surface area contributed by atoms with Crippen molar-refractivity contribution in [1.29, 1.82) is 0 Å². The first-order valence-electron chi connectivity index (χ1n) is 5.92. The van der Waals surface area contributed by atoms with Gasteiger partial charge in [-0.3, -0.25) is 4.79 Å². The Bertz CT molecular complexity index is 667. The van der Waals surface area contributed by atoms with Gasteiger partial charge in [0.2, 0.25) is 0 Å². The third-order valence-corrected chi connectivity index (χ3v) is 3.77. The number of nitrogens with two attached hydrogens (primary N) is 1. The molecule has 2 heterocycles. The van der Waals surface area contributed by atoms with Crippen LogP contribution in [0.3, 0.4) is 0 Å². The van der Waals surface area contributed by atoms with Crippen LogP contribution < -0.4 is 11.1 Å². The molecule has 0 saturated heterocycles. The lowest BCUT2D eigenvalue weighted by molar-refractivity contribution is -0.141. The molecule has 0 aliphatic heterocycles. The van der Waals surface area contributed by atoms with E-state index in [1.54, 1.807) is 0 Å². The van der Waals surface area contributed by atoms with Gasteiger partial charge in [-0.1, -0.05) is 0 Å². The number of hydrogen-bond donors (Lipinski definition) is 2. The van der Waals surface area contributed by atoms with Gasteiger partial charge in [0.1, 0.15) is 11.5 Å². The monoisotopic (exact) mass is 315 g/mol. The van der Waals surface area contributed by atoms with Gasteiger partial charge in [-0.05, 0) is 40.9 Å². The zero-order valence-electron chi connectivity index (χ0n) is 11.0. The molecule has 0 aliphatic rings. The standard InChI is InChI=1S/C13H12F3N3OS/c1-7-5-21-6-8(7)4-18-12-9(11(17)20)2-3-10(19-12)13(14,15)16/h2-3,5-6H,4H2,1H3,(H2,17,20)(H,18,19). The van der Waals surface area contributed by atoms with Gasteiger partial charge in [-0.25, -0.2) is 4.98 Å². The highest BCUT2D eigenvalue weighted by Crippen LogP contribution is 2.29. The number of nitrogens with zero attached hydrogens (tertiary/aromatic N) is 1. The van der Waals surface area contributed by atoms with E-state index in [1.807, 2.05) is 17.7 Å². The molecule has 2 aromatic heterocycles. The lowest BCUT2D eigenvalue weighted by Crippen LogP contribution is -2.18. The van der Waals surface area contributed by atoms with Gasteiger partial charge in [0.25, 0.3) is 5.91 Å². The van der Waals surface area contributed by atoms with E-state index in [0.717, 1.165) is 23.3 Å². The van der Waals surface area contributed by atoms with E-state index >= 15 is 0 Å². The molecule has 0 radical (unpaired) electrons. The van der Waals surface area contributed by atoms with Crippen molar-refractivity contribution in [2.75, 3.05) is 5.32 Å². The van der Waals surface area contributed by atoms with Crippen molar-refractivity contribution < 1.29 is 18.0 Å². The number of amides is 1. The summed E-state index contributed by atoms with van der Waals surface area (Å²) < 4.78 is 38.0. The normalized spacial score (nSPS) is 11.4. The second kappa shape index (κ2) is 5.72. The minimum absolute atomic E-state index is 0.0733. The number of halogens is 3. The first-order chi connectivity index (χ1) is 9.79. The van der Waals surface area contributed by atoms with Gasteiger partial charge in [0, 0.05) is 6.54 Å². The van der Waals surface area contributed by atoms with Crippen LogP contribution in [0.25, 0.3) is 0 Å². The van der Waals surface area contributed by atoms with Crippen LogP contribution in [-0.2, 0) is 12.7 Å². The highest BCUT2D eigenvalue weighted by molar-refractivity contribution is 7.08. The first kappa shape index (κ1) is 15.3. The molecule has 0 aliphatic carbocycles. The molecule has 4 nitrogen and oxygen atoms in total. The number of carbonyl (C=O) groups is 1. The summed E-state index contributed by atoms with van der Waals surface area (Å²) in [6.45, 7) is 2.16. The fourth-order valence-corrected chi connectivity index (χ4v) is 2.55. The van der Waals surface area contributed by atoms with Crippen molar-refractivity contribution in [3.8, 4) is 0 Å². The third-order valence-electron chi connectivity index (χ3n) is 2.86. The predicted molar refractivity (Wildman–Crippen MR) is 74.1 cm³/mol. The van der Waals surface area contributed by atoms with Gasteiger partial charge in [0.05, 0.1) is 5.56 Å². The smallest absolute Gasteiger partial charge is 0.365 e. The van der Waals surface area contributed by atoms with Crippen LogP contribution >= 0.6 is 11.3 Å². The average Bonchev–Trinajstić information content (AvgIpc) is 2.80. The summed E-state index contributed by atoms with van der Waals surface area (Å²) in [6, 6.07) is 1.77. The summed E-state index contributed by atoms with van der Waals surface area (Å²) in [5, 5.41) is 6.54. The Hall–Kier alpha value is -2.09. The lowest BCUT2D eigenvalue weighted by Gasteiger charge is -2.12. The van der Waals surface area contributed by atoms with E-state index in [2.05, 4.69) is 10.3 Å². The van der Waals surface area contributed by atoms with Crippen LogP contribution in [0.1, 0.15) is 27.2 Å². The maximum atomic E-state index is 12.7. The highest BCUT2D eigenvalue weighted by atomic mass is 32.1. The molecule has 0 aromatic carbocycles. The van der Waals surface area contributed by atoms with Crippen molar-refractivity contribution in [2.24, 2.45) is 5.73 Å². The number of anilines is 1. The Morgan fingerprint density at radius 2 is 2.10 bits per heavy atom. The van der Waals surface area contributed by atoms with E-state index in [1.165, 1.54) is 11.3 Å². The number of aryl methyl sites for hydroxylation is 1. The molecule has 0 atom stereocenters. The van der Waals surface area contributed by atoms with Crippen molar-refractivity contribution in [3.05, 3.63) is 45.3 Å². The summed E-state index contributed by atoms with van der Waals surface area (Å²) in [4.78, 5) is 14.7. The second-order valence-corrected chi connectivity index (χ2v) is 5.13. The minimum atomic E-state index is -4.58. The van der Waals surface area contributed by atoms with E-state index < -0.39 is 17.8 Å². The lowest BCUT2D eigenvalue weighted by atomic mass is 10.2. The van der Waals surface area contributed by atoms with Crippen LogP contribution in [0.15, 0.2) is 22.9 Å². The Morgan fingerprint density at radius 1 is 1.38 bits per heavy atom. The number of thiophene rings is 1. The minimum Gasteiger partial charge on any atom is -0.365 e. The molecule has 2 rings (SSSR count). The topological polar surface area (TPSA) is 68.0 Å². The number of nitrogens with one attached hydrogen (secondary N) is 1. The Kier molecular flexibility index (Phi) is 4.17. The van der Waals surface area contributed by atoms with Crippen molar-refractivity contribution >= 4 is 23.1 Å². The van der Waals surface area contributed by atoms with E-state index in [0.29, 0.717) is 0 Å². The van der Waals surface area contributed by atoms with Crippen LogP contribution in [0.5, 0.6) is 0 Å². The van der Waals surface area contributed by atoms with E-state index in [9.17, 15) is 18.0 Å². The zero-order chi connectivity index (χ0) is 15.6. The molecule has 0 unspecified atom stereocenters. The summed E-state index contributed by atoms with van der Waals surface area (Å²) in [5.41, 5.74) is 5.95. The summed E-state index contributed by atoms with van der Waals surface area (Å²) in [5.74, 6) is -0.997. The van der Waals surface area contributed by atoms with Crippen LogP contribution in [0.4, 0.5) is 19.0 Å². The fourth-order valence-electron chi connectivity index (χ4n) is 1.70. The number of rotatable bonds is 4. The summed E-state index contributed by atoms with van der Waals surface area (Å²) in [6.07, 6.45) is -4.58. The summed E-state index contributed by atoms with van der Waals surface area (Å²) in [7, 11) is 0. The van der Waals surface area contributed by atoms with Crippen LogP contribution in [-0.4, -0.2) is 10.9 Å². The average molecular weight is 315 g/mol. The number of carbonyl (C=O) groups excluding carboxylic acids is 1. The molecule has 2 aromatic rings. The van der Waals surface area contributed by atoms with E-state index in [4.69, 9.17) is 5.73 Å². The number of aromatic nitrogens is 1.